The highest BCUT2D eigenvalue weighted by Crippen LogP contribution is 2.30. The van der Waals surface area contributed by atoms with Gasteiger partial charge in [-0.15, -0.1) is 0 Å². The van der Waals surface area contributed by atoms with Crippen molar-refractivity contribution in [2.45, 2.75) is 62.5 Å². The number of hydrogen-bond acceptors (Lipinski definition) is 4. The Kier molecular flexibility index (Phi) is 5.33. The maximum Gasteiger partial charge on any atom is 0.249 e. The number of carbonyl (C=O) groups is 1. The van der Waals surface area contributed by atoms with E-state index in [1.54, 1.807) is 0 Å². The first-order chi connectivity index (χ1) is 8.74. The zero-order valence-corrected chi connectivity index (χ0v) is 11.9. The average molecular weight is 272 g/mol. The van der Waals surface area contributed by atoms with Gasteiger partial charge < -0.3 is 15.8 Å². The van der Waals surface area contributed by atoms with E-state index in [9.17, 15) is 4.79 Å². The van der Waals surface area contributed by atoms with Gasteiger partial charge in [0.25, 0.3) is 0 Å². The molecule has 1 saturated carbocycles. The van der Waals surface area contributed by atoms with Crippen LogP contribution in [-0.4, -0.2) is 41.7 Å². The van der Waals surface area contributed by atoms with Gasteiger partial charge in [0.1, 0.15) is 6.10 Å². The molecule has 0 bridgehead atoms. The van der Waals surface area contributed by atoms with Crippen LogP contribution in [-0.2, 0) is 9.53 Å². The molecule has 2 aliphatic rings. The van der Waals surface area contributed by atoms with Crippen molar-refractivity contribution >= 4 is 17.7 Å². The number of thioether (sulfide) groups is 1. The minimum absolute atomic E-state index is 0.0690. The van der Waals surface area contributed by atoms with Gasteiger partial charge in [-0.1, -0.05) is 13.3 Å². The maximum atomic E-state index is 12.1. The van der Waals surface area contributed by atoms with Crippen LogP contribution in [0.2, 0.25) is 0 Å². The summed E-state index contributed by atoms with van der Waals surface area (Å²) in [6, 6.07) is 0.336. The van der Waals surface area contributed by atoms with Gasteiger partial charge in [-0.3, -0.25) is 4.79 Å². The van der Waals surface area contributed by atoms with Crippen LogP contribution < -0.4 is 11.1 Å². The lowest BCUT2D eigenvalue weighted by atomic mass is 10.1. The van der Waals surface area contributed by atoms with Crippen LogP contribution in [0.15, 0.2) is 0 Å². The summed E-state index contributed by atoms with van der Waals surface area (Å²) in [5.41, 5.74) is 5.56. The molecule has 2 rings (SSSR count). The van der Waals surface area contributed by atoms with E-state index in [0.29, 0.717) is 17.8 Å². The molecule has 4 unspecified atom stereocenters. The lowest BCUT2D eigenvalue weighted by Gasteiger charge is -2.22. The van der Waals surface area contributed by atoms with Gasteiger partial charge in [-0.25, -0.2) is 0 Å². The van der Waals surface area contributed by atoms with Gasteiger partial charge in [0.15, 0.2) is 0 Å². The van der Waals surface area contributed by atoms with Crippen LogP contribution in [0.25, 0.3) is 0 Å². The van der Waals surface area contributed by atoms with Crippen LogP contribution in [0.1, 0.15) is 39.0 Å². The Labute approximate surface area is 113 Å². The molecule has 0 aromatic heterocycles. The third-order valence-electron chi connectivity index (χ3n) is 3.82. The Morgan fingerprint density at radius 3 is 2.89 bits per heavy atom. The molecule has 18 heavy (non-hydrogen) atoms. The van der Waals surface area contributed by atoms with E-state index in [0.717, 1.165) is 25.0 Å². The van der Waals surface area contributed by atoms with Crippen molar-refractivity contribution in [2.75, 3.05) is 12.3 Å². The zero-order valence-electron chi connectivity index (χ0n) is 11.1. The second kappa shape index (κ2) is 6.78. The second-order valence-electron chi connectivity index (χ2n) is 5.10. The monoisotopic (exact) mass is 272 g/mol. The Morgan fingerprint density at radius 1 is 1.39 bits per heavy atom. The maximum absolute atomic E-state index is 12.1. The van der Waals surface area contributed by atoms with Crippen LogP contribution in [0.4, 0.5) is 0 Å². The smallest absolute Gasteiger partial charge is 0.249 e. The second-order valence-corrected chi connectivity index (χ2v) is 6.62. The molecule has 2 fully saturated rings. The first-order valence-corrected chi connectivity index (χ1v) is 8.07. The van der Waals surface area contributed by atoms with Crippen molar-refractivity contribution < 1.29 is 9.53 Å². The van der Waals surface area contributed by atoms with E-state index in [1.165, 1.54) is 12.8 Å². The summed E-state index contributed by atoms with van der Waals surface area (Å²) in [5.74, 6) is 1.19. The van der Waals surface area contributed by atoms with Crippen LogP contribution in [0.3, 0.4) is 0 Å². The Morgan fingerprint density at radius 2 is 2.22 bits per heavy atom. The minimum Gasteiger partial charge on any atom is -0.364 e. The number of nitrogens with two attached hydrogens (primary N) is 1. The predicted octanol–water partition coefficient (Wildman–Crippen LogP) is 1.28. The topological polar surface area (TPSA) is 64.4 Å². The lowest BCUT2D eigenvalue weighted by Crippen LogP contribution is -2.44. The third kappa shape index (κ3) is 3.39. The van der Waals surface area contributed by atoms with Crippen molar-refractivity contribution in [1.82, 2.24) is 5.32 Å². The van der Waals surface area contributed by atoms with E-state index >= 15 is 0 Å². The van der Waals surface area contributed by atoms with Crippen LogP contribution in [0, 0.1) is 0 Å². The highest BCUT2D eigenvalue weighted by molar-refractivity contribution is 7.99. The Balaban J connectivity index is 1.80. The van der Waals surface area contributed by atoms with E-state index in [1.807, 2.05) is 11.8 Å². The van der Waals surface area contributed by atoms with E-state index in [2.05, 4.69) is 12.2 Å². The van der Waals surface area contributed by atoms with Gasteiger partial charge in [-0.05, 0) is 31.4 Å². The summed E-state index contributed by atoms with van der Waals surface area (Å²) in [4.78, 5) is 12.1. The van der Waals surface area contributed by atoms with Crippen LogP contribution >= 0.6 is 11.8 Å². The largest absolute Gasteiger partial charge is 0.364 e. The first kappa shape index (κ1) is 14.2. The molecule has 104 valence electrons. The number of ether oxygens (including phenoxy) is 1. The fraction of sp³-hybridized carbons (Fsp3) is 0.923. The fourth-order valence-corrected chi connectivity index (χ4v) is 4.05. The van der Waals surface area contributed by atoms with E-state index < -0.39 is 0 Å². The number of nitrogens with one attached hydrogen (secondary N) is 1. The molecule has 1 amide bonds. The summed E-state index contributed by atoms with van der Waals surface area (Å²) in [6.07, 6.45) is 5.08. The van der Waals surface area contributed by atoms with Gasteiger partial charge in [0.05, 0.1) is 6.10 Å². The number of carbonyl (C=O) groups excluding carboxylic acids is 1. The van der Waals surface area contributed by atoms with Crippen molar-refractivity contribution in [2.24, 2.45) is 5.73 Å². The van der Waals surface area contributed by atoms with Crippen molar-refractivity contribution in [3.8, 4) is 0 Å². The highest BCUT2D eigenvalue weighted by Gasteiger charge is 2.34. The normalized spacial score (nSPS) is 35.9. The van der Waals surface area contributed by atoms with Crippen molar-refractivity contribution in [3.63, 3.8) is 0 Å². The summed E-state index contributed by atoms with van der Waals surface area (Å²) in [5, 5.41) is 3.76. The molecule has 3 N–H and O–H groups in total. The first-order valence-electron chi connectivity index (χ1n) is 7.02. The Hall–Kier alpha value is -0.260. The summed E-state index contributed by atoms with van der Waals surface area (Å²) < 4.78 is 5.63. The quantitative estimate of drug-likeness (QED) is 0.791. The Bertz CT molecular complexity index is 288. The van der Waals surface area contributed by atoms with Crippen molar-refractivity contribution in [3.05, 3.63) is 0 Å². The van der Waals surface area contributed by atoms with Crippen LogP contribution in [0.5, 0.6) is 0 Å². The molecule has 0 aromatic rings. The molecule has 0 aromatic carbocycles. The van der Waals surface area contributed by atoms with E-state index in [-0.39, 0.29) is 18.1 Å². The summed E-state index contributed by atoms with van der Waals surface area (Å²) in [7, 11) is 0. The lowest BCUT2D eigenvalue weighted by molar-refractivity contribution is -0.132. The average Bonchev–Trinajstić information content (AvgIpc) is 2.99. The summed E-state index contributed by atoms with van der Waals surface area (Å²) >= 11 is 1.96. The van der Waals surface area contributed by atoms with Gasteiger partial charge in [0, 0.05) is 17.8 Å². The SMILES string of the molecule is CCSC1CCCC1NC(=O)C1CCC(CN)O1. The van der Waals surface area contributed by atoms with Gasteiger partial charge in [-0.2, -0.15) is 11.8 Å². The molecule has 1 aliphatic carbocycles. The number of amides is 1. The number of hydrogen-bond donors (Lipinski definition) is 2. The summed E-state index contributed by atoms with van der Waals surface area (Å²) in [6.45, 7) is 2.69. The molecule has 4 nitrogen and oxygen atoms in total. The molecule has 0 spiro atoms. The highest BCUT2D eigenvalue weighted by atomic mass is 32.2. The molecule has 1 aliphatic heterocycles. The van der Waals surface area contributed by atoms with Gasteiger partial charge >= 0.3 is 0 Å². The fourth-order valence-electron chi connectivity index (χ4n) is 2.85. The molecule has 4 atom stereocenters. The zero-order chi connectivity index (χ0) is 13.0. The predicted molar refractivity (Wildman–Crippen MR) is 74.7 cm³/mol. The minimum atomic E-state index is -0.272. The molecule has 0 radical (unpaired) electrons. The standard InChI is InChI=1S/C13H24N2O2S/c1-2-18-12-5-3-4-10(12)15-13(16)11-7-6-9(8-14)17-11/h9-12H,2-8,14H2,1H3,(H,15,16). The molecular formula is C13H24N2O2S. The van der Waals surface area contributed by atoms with E-state index in [4.69, 9.17) is 10.5 Å². The molecule has 5 heteroatoms. The third-order valence-corrected chi connectivity index (χ3v) is 5.15. The molecule has 1 heterocycles. The van der Waals surface area contributed by atoms with Gasteiger partial charge in [0.2, 0.25) is 5.91 Å². The molecule has 1 saturated heterocycles. The number of rotatable bonds is 5. The molecular weight excluding hydrogens is 248 g/mol. The van der Waals surface area contributed by atoms with Crippen molar-refractivity contribution in [1.29, 1.82) is 0 Å².